The van der Waals surface area contributed by atoms with Crippen molar-refractivity contribution in [3.63, 3.8) is 0 Å². The summed E-state index contributed by atoms with van der Waals surface area (Å²) in [7, 11) is 3.23. The molecule has 0 fully saturated rings. The lowest BCUT2D eigenvalue weighted by atomic mass is 10.3. The summed E-state index contributed by atoms with van der Waals surface area (Å²) in [5.74, 6) is 0.0589. The van der Waals surface area contributed by atoms with Crippen LogP contribution in [-0.4, -0.2) is 51.3 Å². The number of nitrogens with zero attached hydrogens (tertiary/aromatic N) is 1. The van der Waals surface area contributed by atoms with Gasteiger partial charge in [0.15, 0.2) is 11.0 Å². The number of hydrogen-bond donors (Lipinski definition) is 0. The van der Waals surface area contributed by atoms with Crippen LogP contribution in [0.4, 0.5) is 0 Å². The lowest BCUT2D eigenvalue weighted by Gasteiger charge is -2.21. The molecule has 0 unspecified atom stereocenters. The summed E-state index contributed by atoms with van der Waals surface area (Å²) in [6.07, 6.45) is 0.764. The number of carbonyl (C=O) groups excluding carboxylic acids is 1. The second-order valence-corrected chi connectivity index (χ2v) is 4.11. The van der Waals surface area contributed by atoms with Crippen molar-refractivity contribution in [3.05, 3.63) is 23.1 Å². The minimum atomic E-state index is -0.185. The molecule has 1 aromatic rings. The molecule has 0 spiro atoms. The highest BCUT2D eigenvalue weighted by Gasteiger charge is 2.18. The fraction of sp³-hybridized carbons (Fsp3) is 0.583. The van der Waals surface area contributed by atoms with E-state index in [0.29, 0.717) is 26.3 Å². The summed E-state index contributed by atoms with van der Waals surface area (Å²) in [5, 5.41) is 0.210. The van der Waals surface area contributed by atoms with Crippen LogP contribution in [-0.2, 0) is 9.47 Å². The molecule has 6 heteroatoms. The van der Waals surface area contributed by atoms with Crippen LogP contribution in [0.3, 0.4) is 0 Å². The third kappa shape index (κ3) is 4.68. The van der Waals surface area contributed by atoms with Gasteiger partial charge in [-0.15, -0.1) is 0 Å². The van der Waals surface area contributed by atoms with E-state index in [1.807, 2.05) is 0 Å². The highest BCUT2D eigenvalue weighted by atomic mass is 35.5. The van der Waals surface area contributed by atoms with E-state index in [9.17, 15) is 4.79 Å². The van der Waals surface area contributed by atoms with Crippen LogP contribution in [0.1, 0.15) is 17.0 Å². The predicted octanol–water partition coefficient (Wildman–Crippen LogP) is 2.06. The standard InChI is InChI=1S/C12H18ClNO4/c1-16-8-3-6-14(7-9-17-2)12(15)10-4-5-11(13)18-10/h4-5H,3,6-9H2,1-2H3. The molecule has 0 bridgehead atoms. The van der Waals surface area contributed by atoms with Gasteiger partial charge in [-0.3, -0.25) is 4.79 Å². The number of rotatable bonds is 8. The molecule has 0 aliphatic heterocycles. The van der Waals surface area contributed by atoms with E-state index < -0.39 is 0 Å². The zero-order chi connectivity index (χ0) is 13.4. The van der Waals surface area contributed by atoms with Gasteiger partial charge in [0.1, 0.15) is 0 Å². The second-order valence-electron chi connectivity index (χ2n) is 3.74. The Kier molecular flexibility index (Phi) is 6.78. The zero-order valence-electron chi connectivity index (χ0n) is 10.6. The van der Waals surface area contributed by atoms with Crippen LogP contribution in [0.5, 0.6) is 0 Å². The van der Waals surface area contributed by atoms with Crippen molar-refractivity contribution in [2.75, 3.05) is 40.5 Å². The maximum absolute atomic E-state index is 12.1. The van der Waals surface area contributed by atoms with Gasteiger partial charge in [-0.25, -0.2) is 0 Å². The molecule has 0 saturated carbocycles. The van der Waals surface area contributed by atoms with E-state index in [1.54, 1.807) is 31.3 Å². The number of hydrogen-bond acceptors (Lipinski definition) is 4. The summed E-state index contributed by atoms with van der Waals surface area (Å²) in [6.45, 7) is 2.19. The summed E-state index contributed by atoms with van der Waals surface area (Å²) < 4.78 is 15.1. The molecule has 1 rings (SSSR count). The quantitative estimate of drug-likeness (QED) is 0.682. The molecule has 0 atom stereocenters. The molecule has 0 saturated heterocycles. The fourth-order valence-corrected chi connectivity index (χ4v) is 1.65. The first kappa shape index (κ1) is 15.0. The smallest absolute Gasteiger partial charge is 0.289 e. The summed E-state index contributed by atoms with van der Waals surface area (Å²) in [5.41, 5.74) is 0. The number of ether oxygens (including phenoxy) is 2. The van der Waals surface area contributed by atoms with Crippen molar-refractivity contribution in [2.45, 2.75) is 6.42 Å². The van der Waals surface area contributed by atoms with Crippen LogP contribution < -0.4 is 0 Å². The molecule has 1 heterocycles. The van der Waals surface area contributed by atoms with E-state index in [4.69, 9.17) is 25.5 Å². The number of furan rings is 1. The van der Waals surface area contributed by atoms with E-state index in [1.165, 1.54) is 0 Å². The molecule has 18 heavy (non-hydrogen) atoms. The van der Waals surface area contributed by atoms with Crippen molar-refractivity contribution < 1.29 is 18.7 Å². The first-order chi connectivity index (χ1) is 8.69. The lowest BCUT2D eigenvalue weighted by Crippen LogP contribution is -2.35. The summed E-state index contributed by atoms with van der Waals surface area (Å²) in [4.78, 5) is 13.8. The van der Waals surface area contributed by atoms with Crippen molar-refractivity contribution in [1.29, 1.82) is 0 Å². The SMILES string of the molecule is COCCCN(CCOC)C(=O)c1ccc(Cl)o1. The molecule has 1 aromatic heterocycles. The van der Waals surface area contributed by atoms with Crippen LogP contribution in [0, 0.1) is 0 Å². The van der Waals surface area contributed by atoms with Gasteiger partial charge >= 0.3 is 0 Å². The molecule has 0 radical (unpaired) electrons. The van der Waals surface area contributed by atoms with Crippen molar-refractivity contribution >= 4 is 17.5 Å². The molecule has 0 aliphatic carbocycles. The van der Waals surface area contributed by atoms with E-state index >= 15 is 0 Å². The van der Waals surface area contributed by atoms with E-state index in [-0.39, 0.29) is 16.9 Å². The molecule has 1 amide bonds. The summed E-state index contributed by atoms with van der Waals surface area (Å²) >= 11 is 5.66. The van der Waals surface area contributed by atoms with Gasteiger partial charge in [-0.1, -0.05) is 0 Å². The lowest BCUT2D eigenvalue weighted by molar-refractivity contribution is 0.0644. The predicted molar refractivity (Wildman–Crippen MR) is 68.0 cm³/mol. The average molecular weight is 276 g/mol. The molecule has 0 N–H and O–H groups in total. The minimum absolute atomic E-state index is 0.185. The molecule has 102 valence electrons. The molecular weight excluding hydrogens is 258 g/mol. The number of halogens is 1. The van der Waals surface area contributed by atoms with Crippen molar-refractivity contribution in [1.82, 2.24) is 4.90 Å². The van der Waals surface area contributed by atoms with Crippen molar-refractivity contribution in [2.24, 2.45) is 0 Å². The Hall–Kier alpha value is -1.04. The van der Waals surface area contributed by atoms with Crippen molar-refractivity contribution in [3.8, 4) is 0 Å². The number of amides is 1. The normalized spacial score (nSPS) is 10.6. The minimum Gasteiger partial charge on any atom is -0.440 e. The Bertz CT molecular complexity index is 367. The van der Waals surface area contributed by atoms with Gasteiger partial charge in [0.05, 0.1) is 6.61 Å². The first-order valence-corrected chi connectivity index (χ1v) is 6.09. The van der Waals surface area contributed by atoms with Gasteiger partial charge in [0.25, 0.3) is 5.91 Å². The van der Waals surface area contributed by atoms with Gasteiger partial charge < -0.3 is 18.8 Å². The molecular formula is C12H18ClNO4. The van der Waals surface area contributed by atoms with Crippen LogP contribution in [0.15, 0.2) is 16.5 Å². The zero-order valence-corrected chi connectivity index (χ0v) is 11.4. The number of carbonyl (C=O) groups is 1. The maximum Gasteiger partial charge on any atom is 0.289 e. The summed E-state index contributed by atoms with van der Waals surface area (Å²) in [6, 6.07) is 3.12. The topological polar surface area (TPSA) is 51.9 Å². The average Bonchev–Trinajstić information content (AvgIpc) is 2.79. The molecule has 5 nitrogen and oxygen atoms in total. The highest BCUT2D eigenvalue weighted by Crippen LogP contribution is 2.15. The maximum atomic E-state index is 12.1. The van der Waals surface area contributed by atoms with Gasteiger partial charge in [-0.05, 0) is 30.2 Å². The third-order valence-electron chi connectivity index (χ3n) is 2.41. The monoisotopic (exact) mass is 275 g/mol. The van der Waals surface area contributed by atoms with Crippen LogP contribution in [0.2, 0.25) is 5.22 Å². The van der Waals surface area contributed by atoms with Gasteiger partial charge in [0.2, 0.25) is 0 Å². The Morgan fingerprint density at radius 1 is 1.28 bits per heavy atom. The largest absolute Gasteiger partial charge is 0.440 e. The Morgan fingerprint density at radius 3 is 2.56 bits per heavy atom. The molecule has 0 aromatic carbocycles. The fourth-order valence-electron chi connectivity index (χ4n) is 1.50. The van der Waals surface area contributed by atoms with E-state index in [2.05, 4.69) is 0 Å². The third-order valence-corrected chi connectivity index (χ3v) is 2.62. The van der Waals surface area contributed by atoms with Crippen LogP contribution >= 0.6 is 11.6 Å². The van der Waals surface area contributed by atoms with Gasteiger partial charge in [0, 0.05) is 33.9 Å². The Labute approximate surface area is 112 Å². The van der Waals surface area contributed by atoms with Gasteiger partial charge in [-0.2, -0.15) is 0 Å². The Balaban J connectivity index is 2.59. The molecule has 0 aliphatic rings. The first-order valence-electron chi connectivity index (χ1n) is 5.71. The van der Waals surface area contributed by atoms with E-state index in [0.717, 1.165) is 6.42 Å². The van der Waals surface area contributed by atoms with Crippen LogP contribution in [0.25, 0.3) is 0 Å². The number of methoxy groups -OCH3 is 2. The highest BCUT2D eigenvalue weighted by molar-refractivity contribution is 6.29. The second kappa shape index (κ2) is 8.13. The Morgan fingerprint density at radius 2 is 2.00 bits per heavy atom.